The van der Waals surface area contributed by atoms with Crippen LogP contribution in [0.3, 0.4) is 0 Å². The Labute approximate surface area is 118 Å². The highest BCUT2D eigenvalue weighted by Crippen LogP contribution is 2.22. The zero-order chi connectivity index (χ0) is 13.1. The quantitative estimate of drug-likeness (QED) is 0.936. The van der Waals surface area contributed by atoms with Crippen molar-refractivity contribution in [3.05, 3.63) is 33.5 Å². The Morgan fingerprint density at radius 2 is 2.06 bits per heavy atom. The normalized spacial score (nSPS) is 10.2. The minimum atomic E-state index is 0.0817. The Hall–Kier alpha value is -1.40. The van der Waals surface area contributed by atoms with E-state index in [1.807, 2.05) is 25.1 Å². The maximum absolute atomic E-state index is 5.76. The summed E-state index contributed by atoms with van der Waals surface area (Å²) in [7, 11) is 1.47. The molecular formula is C11H10BrClN4O. The molecule has 2 aromatic rings. The number of hydrogen-bond acceptors (Lipinski definition) is 5. The van der Waals surface area contributed by atoms with Crippen molar-refractivity contribution in [3.8, 4) is 6.01 Å². The van der Waals surface area contributed by atoms with E-state index < -0.39 is 0 Å². The third kappa shape index (κ3) is 3.08. The lowest BCUT2D eigenvalue weighted by molar-refractivity contribution is 0.379. The van der Waals surface area contributed by atoms with Gasteiger partial charge in [0, 0.05) is 10.2 Å². The van der Waals surface area contributed by atoms with Gasteiger partial charge in [-0.2, -0.15) is 15.0 Å². The first kappa shape index (κ1) is 13.0. The van der Waals surface area contributed by atoms with Crippen molar-refractivity contribution in [1.29, 1.82) is 0 Å². The fourth-order valence-electron chi connectivity index (χ4n) is 1.33. The molecule has 1 aromatic carbocycles. The molecule has 0 atom stereocenters. The third-order valence-corrected chi connectivity index (χ3v) is 3.24. The van der Waals surface area contributed by atoms with E-state index in [0.717, 1.165) is 15.7 Å². The number of ether oxygens (including phenoxy) is 1. The molecular weight excluding hydrogens is 320 g/mol. The summed E-state index contributed by atoms with van der Waals surface area (Å²) in [6, 6.07) is 5.99. The topological polar surface area (TPSA) is 59.9 Å². The van der Waals surface area contributed by atoms with Crippen LogP contribution in [-0.2, 0) is 0 Å². The minimum absolute atomic E-state index is 0.0817. The van der Waals surface area contributed by atoms with Crippen molar-refractivity contribution in [1.82, 2.24) is 15.0 Å². The summed E-state index contributed by atoms with van der Waals surface area (Å²) in [5, 5.41) is 3.12. The Morgan fingerprint density at radius 3 is 2.72 bits per heavy atom. The summed E-state index contributed by atoms with van der Waals surface area (Å²) >= 11 is 9.20. The predicted molar refractivity (Wildman–Crippen MR) is 73.6 cm³/mol. The van der Waals surface area contributed by atoms with Gasteiger partial charge in [-0.3, -0.25) is 0 Å². The number of aromatic nitrogens is 3. The van der Waals surface area contributed by atoms with Crippen LogP contribution in [0, 0.1) is 6.92 Å². The Morgan fingerprint density at radius 1 is 1.28 bits per heavy atom. The van der Waals surface area contributed by atoms with E-state index in [4.69, 9.17) is 16.3 Å². The van der Waals surface area contributed by atoms with E-state index in [1.54, 1.807) is 0 Å². The molecule has 0 aliphatic carbocycles. The Balaban J connectivity index is 2.27. The molecule has 1 N–H and O–H groups in total. The SMILES string of the molecule is COc1nc(Cl)nc(Nc2ccc(Br)c(C)c2)n1. The van der Waals surface area contributed by atoms with E-state index in [9.17, 15) is 0 Å². The molecule has 1 heterocycles. The summed E-state index contributed by atoms with van der Waals surface area (Å²) in [6.07, 6.45) is 0. The van der Waals surface area contributed by atoms with Crippen LogP contribution in [0.2, 0.25) is 5.28 Å². The number of benzene rings is 1. The molecule has 0 aliphatic rings. The van der Waals surface area contributed by atoms with Gasteiger partial charge in [-0.05, 0) is 42.3 Å². The first-order valence-electron chi connectivity index (χ1n) is 5.07. The largest absolute Gasteiger partial charge is 0.467 e. The van der Waals surface area contributed by atoms with Crippen LogP contribution in [0.4, 0.5) is 11.6 Å². The molecule has 0 amide bonds. The predicted octanol–water partition coefficient (Wildman–Crippen LogP) is 3.35. The number of aryl methyl sites for hydroxylation is 1. The minimum Gasteiger partial charge on any atom is -0.467 e. The highest BCUT2D eigenvalue weighted by Gasteiger charge is 2.06. The lowest BCUT2D eigenvalue weighted by Gasteiger charge is -2.07. The molecule has 5 nitrogen and oxygen atoms in total. The fourth-order valence-corrected chi connectivity index (χ4v) is 1.73. The second-order valence-electron chi connectivity index (χ2n) is 3.50. The summed E-state index contributed by atoms with van der Waals surface area (Å²) in [6.45, 7) is 2.00. The lowest BCUT2D eigenvalue weighted by atomic mass is 10.2. The van der Waals surface area contributed by atoms with Gasteiger partial charge >= 0.3 is 6.01 Å². The van der Waals surface area contributed by atoms with Crippen LogP contribution in [0.25, 0.3) is 0 Å². The zero-order valence-corrected chi connectivity index (χ0v) is 12.1. The van der Waals surface area contributed by atoms with Crippen molar-refractivity contribution in [3.63, 3.8) is 0 Å². The number of methoxy groups -OCH3 is 1. The number of rotatable bonds is 3. The zero-order valence-electron chi connectivity index (χ0n) is 9.74. The average Bonchev–Trinajstić information content (AvgIpc) is 2.33. The summed E-state index contributed by atoms with van der Waals surface area (Å²) < 4.78 is 5.96. The molecule has 0 unspecified atom stereocenters. The maximum atomic E-state index is 5.76. The van der Waals surface area contributed by atoms with Gasteiger partial charge in [0.1, 0.15) is 0 Å². The molecule has 2 rings (SSSR count). The number of anilines is 2. The number of hydrogen-bond donors (Lipinski definition) is 1. The molecule has 1 aromatic heterocycles. The van der Waals surface area contributed by atoms with E-state index in [2.05, 4.69) is 36.2 Å². The van der Waals surface area contributed by atoms with E-state index in [1.165, 1.54) is 7.11 Å². The van der Waals surface area contributed by atoms with Gasteiger partial charge in [-0.1, -0.05) is 15.9 Å². The monoisotopic (exact) mass is 328 g/mol. The third-order valence-electron chi connectivity index (χ3n) is 2.18. The average molecular weight is 330 g/mol. The van der Waals surface area contributed by atoms with Crippen LogP contribution < -0.4 is 10.1 Å². The summed E-state index contributed by atoms with van der Waals surface area (Å²) in [5.74, 6) is 0.341. The first-order chi connectivity index (χ1) is 8.58. The van der Waals surface area contributed by atoms with Crippen LogP contribution in [0.1, 0.15) is 5.56 Å². The van der Waals surface area contributed by atoms with Gasteiger partial charge in [0.25, 0.3) is 0 Å². The smallest absolute Gasteiger partial charge is 0.322 e. The molecule has 0 bridgehead atoms. The summed E-state index contributed by atoms with van der Waals surface area (Å²) in [4.78, 5) is 11.8. The van der Waals surface area contributed by atoms with E-state index in [0.29, 0.717) is 5.95 Å². The molecule has 0 spiro atoms. The second kappa shape index (κ2) is 5.49. The van der Waals surface area contributed by atoms with Crippen LogP contribution in [0.5, 0.6) is 6.01 Å². The van der Waals surface area contributed by atoms with Crippen molar-refractivity contribution in [2.75, 3.05) is 12.4 Å². The van der Waals surface area contributed by atoms with E-state index in [-0.39, 0.29) is 11.3 Å². The number of halogens is 2. The second-order valence-corrected chi connectivity index (χ2v) is 4.70. The van der Waals surface area contributed by atoms with Gasteiger partial charge in [0.15, 0.2) is 0 Å². The van der Waals surface area contributed by atoms with Gasteiger partial charge in [-0.25, -0.2) is 0 Å². The van der Waals surface area contributed by atoms with Crippen LogP contribution in [0.15, 0.2) is 22.7 Å². The van der Waals surface area contributed by atoms with Gasteiger partial charge in [0.05, 0.1) is 7.11 Å². The summed E-state index contributed by atoms with van der Waals surface area (Å²) in [5.41, 5.74) is 1.96. The van der Waals surface area contributed by atoms with Gasteiger partial charge < -0.3 is 10.1 Å². The lowest BCUT2D eigenvalue weighted by Crippen LogP contribution is -2.01. The molecule has 0 aliphatic heterocycles. The number of nitrogens with one attached hydrogen (secondary N) is 1. The molecule has 94 valence electrons. The van der Waals surface area contributed by atoms with E-state index >= 15 is 0 Å². The molecule has 0 radical (unpaired) electrons. The first-order valence-corrected chi connectivity index (χ1v) is 6.24. The van der Waals surface area contributed by atoms with Crippen molar-refractivity contribution in [2.24, 2.45) is 0 Å². The molecule has 7 heteroatoms. The molecule has 0 fully saturated rings. The molecule has 0 saturated carbocycles. The van der Waals surface area contributed by atoms with Crippen molar-refractivity contribution < 1.29 is 4.74 Å². The maximum Gasteiger partial charge on any atom is 0.322 e. The molecule has 0 saturated heterocycles. The van der Waals surface area contributed by atoms with Crippen molar-refractivity contribution >= 4 is 39.2 Å². The highest BCUT2D eigenvalue weighted by atomic mass is 79.9. The van der Waals surface area contributed by atoms with Gasteiger partial charge in [0.2, 0.25) is 11.2 Å². The number of nitrogens with zero attached hydrogens (tertiary/aromatic N) is 3. The highest BCUT2D eigenvalue weighted by molar-refractivity contribution is 9.10. The van der Waals surface area contributed by atoms with Gasteiger partial charge in [-0.15, -0.1) is 0 Å². The van der Waals surface area contributed by atoms with Crippen LogP contribution in [-0.4, -0.2) is 22.1 Å². The Kier molecular flexibility index (Phi) is 3.98. The molecule has 18 heavy (non-hydrogen) atoms. The van der Waals surface area contributed by atoms with Crippen molar-refractivity contribution in [2.45, 2.75) is 6.92 Å². The fraction of sp³-hybridized carbons (Fsp3) is 0.182. The Bertz CT molecular complexity index is 579. The standard InChI is InChI=1S/C11H10BrClN4O/c1-6-5-7(3-4-8(6)12)14-10-15-9(13)16-11(17-10)18-2/h3-5H,1-2H3,(H,14,15,16,17). The van der Waals surface area contributed by atoms with Crippen LogP contribution >= 0.6 is 27.5 Å².